The molecule has 0 aliphatic carbocycles. The van der Waals surface area contributed by atoms with E-state index in [1.807, 2.05) is 98.8 Å². The number of carbonyl (C=O) groups is 2. The van der Waals surface area contributed by atoms with Crippen molar-refractivity contribution in [1.82, 2.24) is 0 Å². The van der Waals surface area contributed by atoms with E-state index in [9.17, 15) is 19.8 Å². The molecule has 0 radical (unpaired) electrons. The third-order valence-electron chi connectivity index (χ3n) is 10.5. The Morgan fingerprint density at radius 1 is 0.500 bits per heavy atom. The van der Waals surface area contributed by atoms with Crippen LogP contribution in [0.2, 0.25) is 10.0 Å². The summed E-state index contributed by atoms with van der Waals surface area (Å²) in [4.78, 5) is 27.3. The number of aromatic hydroxyl groups is 2. The van der Waals surface area contributed by atoms with Gasteiger partial charge in [0.1, 0.15) is 11.4 Å². The zero-order valence-corrected chi connectivity index (χ0v) is 35.0. The summed E-state index contributed by atoms with van der Waals surface area (Å²) in [6.07, 6.45) is 1.38. The van der Waals surface area contributed by atoms with Gasteiger partial charge in [-0.3, -0.25) is 9.59 Å². The maximum absolute atomic E-state index is 13.6. The Labute approximate surface area is 367 Å². The van der Waals surface area contributed by atoms with Crippen LogP contribution in [0.1, 0.15) is 45.7 Å². The molecule has 2 amide bonds. The average Bonchev–Trinajstić information content (AvgIpc) is 3.29. The largest absolute Gasteiger partial charge is 0.505 e. The number of aryl methyl sites for hydroxylation is 2. The predicted molar refractivity (Wildman–Crippen MR) is 249 cm³/mol. The van der Waals surface area contributed by atoms with Crippen molar-refractivity contribution in [3.63, 3.8) is 0 Å². The van der Waals surface area contributed by atoms with Crippen LogP contribution in [0.5, 0.6) is 11.5 Å². The highest BCUT2D eigenvalue weighted by Gasteiger charge is 2.21. The maximum atomic E-state index is 13.6. The van der Waals surface area contributed by atoms with Crippen molar-refractivity contribution in [1.29, 1.82) is 0 Å². The predicted octanol–water partition coefficient (Wildman–Crippen LogP) is 14.8. The Bertz CT molecular complexity index is 2870. The van der Waals surface area contributed by atoms with Gasteiger partial charge in [0, 0.05) is 32.2 Å². The fraction of sp³-hybridized carbons (Fsp3) is 0.0800. The van der Waals surface area contributed by atoms with Gasteiger partial charge >= 0.3 is 0 Å². The van der Waals surface area contributed by atoms with Crippen LogP contribution < -0.4 is 10.6 Å². The number of rotatable bonds is 11. The molecular weight excluding hydrogens is 819 g/mol. The number of phenols is 2. The van der Waals surface area contributed by atoms with E-state index in [1.54, 1.807) is 60.7 Å². The van der Waals surface area contributed by atoms with E-state index >= 15 is 0 Å². The lowest BCUT2D eigenvalue weighted by atomic mass is 10.0. The number of hydrogen-bond acceptors (Lipinski definition) is 8. The number of carbonyl (C=O) groups excluding carboxylic acids is 2. The number of azo groups is 2. The molecule has 0 bridgehead atoms. The number of phenolic OH excluding ortho intramolecular Hbond substituents is 2. The Morgan fingerprint density at radius 3 is 1.27 bits per heavy atom. The smallest absolute Gasteiger partial charge is 0.259 e. The third kappa shape index (κ3) is 8.74. The molecule has 0 spiro atoms. The minimum atomic E-state index is -0.516. The summed E-state index contributed by atoms with van der Waals surface area (Å²) < 4.78 is 0. The quantitative estimate of drug-likeness (QED) is 0.0958. The monoisotopic (exact) mass is 856 g/mol. The highest BCUT2D eigenvalue weighted by molar-refractivity contribution is 6.31. The molecule has 62 heavy (non-hydrogen) atoms. The summed E-state index contributed by atoms with van der Waals surface area (Å²) in [7, 11) is 0. The van der Waals surface area contributed by atoms with E-state index in [-0.39, 0.29) is 34.0 Å². The van der Waals surface area contributed by atoms with Crippen LogP contribution >= 0.6 is 23.2 Å². The molecule has 0 aliphatic rings. The van der Waals surface area contributed by atoms with Crippen LogP contribution in [0.3, 0.4) is 0 Å². The van der Waals surface area contributed by atoms with Gasteiger partial charge < -0.3 is 20.8 Å². The van der Waals surface area contributed by atoms with Gasteiger partial charge in [-0.15, -0.1) is 10.2 Å². The summed E-state index contributed by atoms with van der Waals surface area (Å²) in [5.74, 6) is -1.61. The van der Waals surface area contributed by atoms with Gasteiger partial charge in [-0.2, -0.15) is 10.2 Å². The number of amides is 2. The highest BCUT2D eigenvalue weighted by atomic mass is 35.5. The van der Waals surface area contributed by atoms with Gasteiger partial charge in [0.15, 0.2) is 11.5 Å². The van der Waals surface area contributed by atoms with E-state index in [4.69, 9.17) is 23.2 Å². The van der Waals surface area contributed by atoms with Crippen LogP contribution in [0, 0.1) is 0 Å². The standard InChI is InChI=1S/C50H38Cl2N6O4/c1-3-29-25-35(51)17-23-43(29)55-57-45-39-11-7-5-9-33(39)27-41(47(45)59)49(61)53-37-19-13-31(14-20-37)32-15-21-38(22-16-32)54-50(62)42-28-34-10-6-8-12-40(34)46(48(42)60)58-56-44-24-18-36(52)26-30(44)4-2/h5-28,59-60H,3-4H2,1-2H3,(H,53,61)(H,54,62). The lowest BCUT2D eigenvalue weighted by Gasteiger charge is -2.12. The molecular formula is C50H38Cl2N6O4. The first-order chi connectivity index (χ1) is 30.1. The van der Waals surface area contributed by atoms with Crippen molar-refractivity contribution >= 4 is 90.7 Å². The molecule has 0 aliphatic heterocycles. The number of nitrogens with one attached hydrogen (secondary N) is 2. The molecule has 0 aromatic heterocycles. The lowest BCUT2D eigenvalue weighted by molar-refractivity contribution is 0.101. The normalized spacial score (nSPS) is 11.5. The molecule has 8 aromatic carbocycles. The van der Waals surface area contributed by atoms with Crippen molar-refractivity contribution in [3.8, 4) is 22.6 Å². The molecule has 8 aromatic rings. The number of hydrogen-bond donors (Lipinski definition) is 4. The molecule has 0 heterocycles. The molecule has 4 N–H and O–H groups in total. The first kappa shape index (κ1) is 41.3. The van der Waals surface area contributed by atoms with Crippen LogP contribution in [0.25, 0.3) is 32.7 Å². The summed E-state index contributed by atoms with van der Waals surface area (Å²) in [6.45, 7) is 3.98. The number of halogens is 2. The molecule has 12 heteroatoms. The maximum Gasteiger partial charge on any atom is 0.259 e. The van der Waals surface area contributed by atoms with Crippen molar-refractivity contribution in [2.45, 2.75) is 26.7 Å². The second kappa shape index (κ2) is 18.1. The zero-order valence-electron chi connectivity index (χ0n) is 33.5. The van der Waals surface area contributed by atoms with Crippen LogP contribution in [0.15, 0.2) is 166 Å². The number of anilines is 2. The second-order valence-corrected chi connectivity index (χ2v) is 15.3. The summed E-state index contributed by atoms with van der Waals surface area (Å²) in [5, 5.41) is 50.2. The van der Waals surface area contributed by atoms with E-state index in [1.165, 1.54) is 0 Å². The molecule has 0 saturated carbocycles. The number of fused-ring (bicyclic) bond motifs is 2. The summed E-state index contributed by atoms with van der Waals surface area (Å²) in [6, 6.07) is 43.1. The lowest BCUT2D eigenvalue weighted by Crippen LogP contribution is -2.12. The van der Waals surface area contributed by atoms with Gasteiger partial charge in [-0.25, -0.2) is 0 Å². The minimum absolute atomic E-state index is 0.0484. The van der Waals surface area contributed by atoms with Gasteiger partial charge in [-0.05, 0) is 119 Å². The van der Waals surface area contributed by atoms with Crippen molar-refractivity contribution < 1.29 is 19.8 Å². The van der Waals surface area contributed by atoms with Crippen LogP contribution in [-0.4, -0.2) is 22.0 Å². The number of benzene rings is 8. The fourth-order valence-electron chi connectivity index (χ4n) is 7.15. The first-order valence-electron chi connectivity index (χ1n) is 19.8. The van der Waals surface area contributed by atoms with E-state index < -0.39 is 11.8 Å². The Kier molecular flexibility index (Phi) is 12.0. The molecule has 0 atom stereocenters. The summed E-state index contributed by atoms with van der Waals surface area (Å²) in [5.41, 5.74) is 6.25. The Balaban J connectivity index is 0.978. The van der Waals surface area contributed by atoms with Gasteiger partial charge in [0.05, 0.1) is 22.5 Å². The van der Waals surface area contributed by atoms with E-state index in [0.717, 1.165) is 22.3 Å². The van der Waals surface area contributed by atoms with Gasteiger partial charge in [0.2, 0.25) is 0 Å². The molecule has 8 rings (SSSR count). The van der Waals surface area contributed by atoms with Crippen molar-refractivity contribution in [2.75, 3.05) is 10.6 Å². The van der Waals surface area contributed by atoms with Crippen LogP contribution in [0.4, 0.5) is 34.1 Å². The van der Waals surface area contributed by atoms with Crippen molar-refractivity contribution in [2.24, 2.45) is 20.5 Å². The molecule has 306 valence electrons. The molecule has 0 unspecified atom stereocenters. The Morgan fingerprint density at radius 2 is 0.887 bits per heavy atom. The summed E-state index contributed by atoms with van der Waals surface area (Å²) >= 11 is 12.4. The van der Waals surface area contributed by atoms with E-state index in [0.29, 0.717) is 67.2 Å². The highest BCUT2D eigenvalue weighted by Crippen LogP contribution is 2.42. The number of nitrogens with zero attached hydrogens (tertiary/aromatic N) is 4. The molecule has 0 saturated heterocycles. The van der Waals surface area contributed by atoms with Crippen molar-refractivity contribution in [3.05, 3.63) is 178 Å². The van der Waals surface area contributed by atoms with Gasteiger partial charge in [-0.1, -0.05) is 110 Å². The van der Waals surface area contributed by atoms with Crippen LogP contribution in [-0.2, 0) is 12.8 Å². The topological polar surface area (TPSA) is 148 Å². The van der Waals surface area contributed by atoms with E-state index in [2.05, 4.69) is 31.1 Å². The second-order valence-electron chi connectivity index (χ2n) is 14.4. The Hall–Kier alpha value is -7.40. The minimum Gasteiger partial charge on any atom is -0.505 e. The van der Waals surface area contributed by atoms with Gasteiger partial charge in [0.25, 0.3) is 11.8 Å². The molecule has 0 fully saturated rings. The third-order valence-corrected chi connectivity index (χ3v) is 10.9. The first-order valence-corrected chi connectivity index (χ1v) is 20.6. The average molecular weight is 858 g/mol. The zero-order chi connectivity index (χ0) is 43.3. The fourth-order valence-corrected chi connectivity index (χ4v) is 7.54. The SMILES string of the molecule is CCc1cc(Cl)ccc1N=Nc1c(O)c(C(=O)Nc2ccc(-c3ccc(NC(=O)c4cc5ccccc5c(N=Nc5ccc(Cl)cc5CC)c4O)cc3)cc2)cc2ccccc12. The molecule has 10 nitrogen and oxygen atoms in total.